The van der Waals surface area contributed by atoms with Gasteiger partial charge < -0.3 is 9.47 Å². The van der Waals surface area contributed by atoms with Crippen LogP contribution in [0.25, 0.3) is 0 Å². The Morgan fingerprint density at radius 3 is 1.79 bits per heavy atom. The highest BCUT2D eigenvalue weighted by molar-refractivity contribution is 5.69. The molecule has 0 radical (unpaired) electrons. The van der Waals surface area contributed by atoms with E-state index in [1.54, 1.807) is 24.3 Å². The monoisotopic (exact) mass is 382 g/mol. The molecule has 2 aromatic carbocycles. The third-order valence-electron chi connectivity index (χ3n) is 4.23. The second-order valence-corrected chi connectivity index (χ2v) is 6.75. The van der Waals surface area contributed by atoms with E-state index < -0.39 is 0 Å². The van der Waals surface area contributed by atoms with Gasteiger partial charge in [0.05, 0.1) is 18.0 Å². The van der Waals surface area contributed by atoms with Crippen LogP contribution in [0.2, 0.25) is 0 Å². The van der Waals surface area contributed by atoms with Gasteiger partial charge in [0.1, 0.15) is 11.5 Å². The summed E-state index contributed by atoms with van der Waals surface area (Å²) in [6.07, 6.45) is 8.94. The van der Waals surface area contributed by atoms with E-state index in [2.05, 4.69) is 17.2 Å². The molecular formula is C23H30N2O3. The Balaban J connectivity index is 1.70. The third-order valence-corrected chi connectivity index (χ3v) is 4.23. The summed E-state index contributed by atoms with van der Waals surface area (Å²) in [5, 5.41) is 8.40. The first-order valence-electron chi connectivity index (χ1n) is 10.1. The maximum Gasteiger partial charge on any atom is 0.308 e. The predicted molar refractivity (Wildman–Crippen MR) is 112 cm³/mol. The van der Waals surface area contributed by atoms with Gasteiger partial charge >= 0.3 is 5.97 Å². The Morgan fingerprint density at radius 1 is 0.750 bits per heavy atom. The van der Waals surface area contributed by atoms with Gasteiger partial charge in [0.2, 0.25) is 0 Å². The van der Waals surface area contributed by atoms with Gasteiger partial charge in [-0.1, -0.05) is 45.4 Å². The molecule has 0 amide bonds. The smallest absolute Gasteiger partial charge is 0.308 e. The van der Waals surface area contributed by atoms with Gasteiger partial charge in [0, 0.05) is 6.92 Å². The number of carbonyl (C=O) groups is 1. The van der Waals surface area contributed by atoms with Crippen molar-refractivity contribution in [2.75, 3.05) is 6.61 Å². The van der Waals surface area contributed by atoms with Crippen LogP contribution in [0.5, 0.6) is 11.5 Å². The maximum atomic E-state index is 10.9. The lowest BCUT2D eigenvalue weighted by Gasteiger charge is -2.06. The molecular weight excluding hydrogens is 352 g/mol. The second kappa shape index (κ2) is 12.7. The van der Waals surface area contributed by atoms with Gasteiger partial charge in [0.15, 0.2) is 0 Å². The summed E-state index contributed by atoms with van der Waals surface area (Å²) in [5.74, 6) is 1.01. The van der Waals surface area contributed by atoms with Crippen molar-refractivity contribution in [3.63, 3.8) is 0 Å². The van der Waals surface area contributed by atoms with Crippen molar-refractivity contribution in [2.24, 2.45) is 10.2 Å². The molecule has 150 valence electrons. The number of azo groups is 1. The lowest BCUT2D eigenvalue weighted by atomic mass is 10.1. The van der Waals surface area contributed by atoms with Gasteiger partial charge in [-0.3, -0.25) is 4.79 Å². The molecule has 0 fully saturated rings. The van der Waals surface area contributed by atoms with Crippen LogP contribution < -0.4 is 9.47 Å². The fourth-order valence-electron chi connectivity index (χ4n) is 2.72. The molecule has 0 saturated heterocycles. The molecule has 5 nitrogen and oxygen atoms in total. The molecule has 0 aliphatic heterocycles. The lowest BCUT2D eigenvalue weighted by Crippen LogP contribution is -2.00. The molecule has 0 unspecified atom stereocenters. The van der Waals surface area contributed by atoms with Gasteiger partial charge in [-0.05, 0) is 55.0 Å². The van der Waals surface area contributed by atoms with Crippen LogP contribution in [0.1, 0.15) is 58.8 Å². The molecule has 0 atom stereocenters. The summed E-state index contributed by atoms with van der Waals surface area (Å²) in [7, 11) is 0. The zero-order valence-electron chi connectivity index (χ0n) is 16.9. The van der Waals surface area contributed by atoms with E-state index in [9.17, 15) is 4.79 Å². The average Bonchev–Trinajstić information content (AvgIpc) is 2.70. The summed E-state index contributed by atoms with van der Waals surface area (Å²) >= 11 is 0. The standard InChI is InChI=1S/C23H30N2O3/c1-3-4-5-6-7-8-9-18-27-22-14-10-20(11-15-22)24-25-21-12-16-23(17-13-21)28-19(2)26/h10-17H,3-9,18H2,1-2H3. The molecule has 2 aromatic rings. The van der Waals surface area contributed by atoms with Crippen molar-refractivity contribution >= 4 is 17.3 Å². The van der Waals surface area contributed by atoms with Crippen molar-refractivity contribution in [2.45, 2.75) is 58.8 Å². The largest absolute Gasteiger partial charge is 0.494 e. The number of hydrogen-bond acceptors (Lipinski definition) is 5. The summed E-state index contributed by atoms with van der Waals surface area (Å²) in [5.41, 5.74) is 1.45. The van der Waals surface area contributed by atoms with E-state index >= 15 is 0 Å². The minimum Gasteiger partial charge on any atom is -0.494 e. The second-order valence-electron chi connectivity index (χ2n) is 6.75. The van der Waals surface area contributed by atoms with Crippen molar-refractivity contribution < 1.29 is 14.3 Å². The van der Waals surface area contributed by atoms with Crippen LogP contribution in [0.15, 0.2) is 58.8 Å². The van der Waals surface area contributed by atoms with E-state index in [1.807, 2.05) is 24.3 Å². The van der Waals surface area contributed by atoms with Crippen LogP contribution in [0.4, 0.5) is 11.4 Å². The highest BCUT2D eigenvalue weighted by Gasteiger charge is 1.99. The Hall–Kier alpha value is -2.69. The Labute approximate surface area is 167 Å². The van der Waals surface area contributed by atoms with Crippen LogP contribution in [0.3, 0.4) is 0 Å². The molecule has 0 spiro atoms. The van der Waals surface area contributed by atoms with E-state index in [4.69, 9.17) is 9.47 Å². The quantitative estimate of drug-likeness (QED) is 0.169. The summed E-state index contributed by atoms with van der Waals surface area (Å²) in [4.78, 5) is 10.9. The van der Waals surface area contributed by atoms with Crippen LogP contribution in [-0.2, 0) is 4.79 Å². The predicted octanol–water partition coefficient (Wildman–Crippen LogP) is 7.16. The molecule has 0 bridgehead atoms. The summed E-state index contributed by atoms with van der Waals surface area (Å²) in [6, 6.07) is 14.5. The third kappa shape index (κ3) is 8.80. The summed E-state index contributed by atoms with van der Waals surface area (Å²) in [6.45, 7) is 4.36. The minimum absolute atomic E-state index is 0.344. The number of unbranched alkanes of at least 4 members (excludes halogenated alkanes) is 6. The van der Waals surface area contributed by atoms with Gasteiger partial charge in [0.25, 0.3) is 0 Å². The number of hydrogen-bond donors (Lipinski definition) is 0. The van der Waals surface area contributed by atoms with Crippen LogP contribution in [0, 0.1) is 0 Å². The highest BCUT2D eigenvalue weighted by Crippen LogP contribution is 2.23. The molecule has 0 N–H and O–H groups in total. The van der Waals surface area contributed by atoms with E-state index in [0.717, 1.165) is 24.5 Å². The van der Waals surface area contributed by atoms with Crippen LogP contribution in [-0.4, -0.2) is 12.6 Å². The topological polar surface area (TPSA) is 60.3 Å². The molecule has 0 heterocycles. The summed E-state index contributed by atoms with van der Waals surface area (Å²) < 4.78 is 10.8. The average molecular weight is 383 g/mol. The molecule has 5 heteroatoms. The first kappa shape index (κ1) is 21.6. The fourth-order valence-corrected chi connectivity index (χ4v) is 2.72. The fraction of sp³-hybridized carbons (Fsp3) is 0.435. The minimum atomic E-state index is -0.344. The SMILES string of the molecule is CCCCCCCCCOc1ccc(N=Nc2ccc(OC(C)=O)cc2)cc1. The number of rotatable bonds is 12. The van der Waals surface area contributed by atoms with Gasteiger partial charge in [-0.15, -0.1) is 0 Å². The number of esters is 1. The zero-order valence-corrected chi connectivity index (χ0v) is 16.9. The van der Waals surface area contributed by atoms with E-state index in [-0.39, 0.29) is 5.97 Å². The first-order valence-corrected chi connectivity index (χ1v) is 10.1. The van der Waals surface area contributed by atoms with E-state index in [0.29, 0.717) is 11.4 Å². The van der Waals surface area contributed by atoms with Crippen molar-refractivity contribution in [3.8, 4) is 11.5 Å². The highest BCUT2D eigenvalue weighted by atomic mass is 16.5. The Kier molecular flexibility index (Phi) is 9.76. The number of carbonyl (C=O) groups excluding carboxylic acids is 1. The Bertz CT molecular complexity index is 725. The van der Waals surface area contributed by atoms with Crippen molar-refractivity contribution in [1.82, 2.24) is 0 Å². The van der Waals surface area contributed by atoms with Crippen molar-refractivity contribution in [1.29, 1.82) is 0 Å². The molecule has 2 rings (SSSR count). The van der Waals surface area contributed by atoms with Crippen LogP contribution >= 0.6 is 0 Å². The van der Waals surface area contributed by atoms with Gasteiger partial charge in [-0.25, -0.2) is 0 Å². The number of nitrogens with zero attached hydrogens (tertiary/aromatic N) is 2. The van der Waals surface area contributed by atoms with E-state index in [1.165, 1.54) is 45.4 Å². The molecule has 0 saturated carbocycles. The normalized spacial score (nSPS) is 10.9. The number of ether oxygens (including phenoxy) is 2. The molecule has 0 aliphatic carbocycles. The van der Waals surface area contributed by atoms with Gasteiger partial charge in [-0.2, -0.15) is 10.2 Å². The molecule has 0 aromatic heterocycles. The van der Waals surface area contributed by atoms with Crippen molar-refractivity contribution in [3.05, 3.63) is 48.5 Å². The first-order chi connectivity index (χ1) is 13.7. The Morgan fingerprint density at radius 2 is 1.25 bits per heavy atom. The molecule has 0 aliphatic rings. The zero-order chi connectivity index (χ0) is 20.0. The lowest BCUT2D eigenvalue weighted by molar-refractivity contribution is -0.131. The number of benzene rings is 2. The molecule has 28 heavy (non-hydrogen) atoms. The maximum absolute atomic E-state index is 10.9.